The molecule has 1 fully saturated rings. The van der Waals surface area contributed by atoms with Crippen LogP contribution in [0, 0.1) is 13.8 Å². The van der Waals surface area contributed by atoms with Crippen molar-refractivity contribution >= 4 is 28.1 Å². The van der Waals surface area contributed by atoms with E-state index in [1.54, 1.807) is 19.2 Å². The molecule has 170 valence electrons. The molecule has 1 saturated heterocycles. The Hall–Kier alpha value is -3.14. The summed E-state index contributed by atoms with van der Waals surface area (Å²) < 4.78 is 45.8. The molecule has 0 unspecified atom stereocenters. The largest absolute Gasteiger partial charge is 0.416 e. The molecule has 0 radical (unpaired) electrons. The molecular weight excluding hydrogens is 421 g/mol. The van der Waals surface area contributed by atoms with Crippen LogP contribution in [0.2, 0.25) is 0 Å². The molecule has 0 spiro atoms. The Labute approximate surface area is 183 Å². The fourth-order valence-electron chi connectivity index (χ4n) is 4.04. The summed E-state index contributed by atoms with van der Waals surface area (Å²) in [5.74, 6) is 0.455. The van der Waals surface area contributed by atoms with Crippen LogP contribution in [-0.2, 0) is 10.9 Å². The number of nitrogen functional groups attached to an aromatic ring is 1. The van der Waals surface area contributed by atoms with Crippen molar-refractivity contribution in [1.82, 2.24) is 15.2 Å². The summed E-state index contributed by atoms with van der Waals surface area (Å²) in [6, 6.07) is 4.01. The number of benzene rings is 1. The van der Waals surface area contributed by atoms with Gasteiger partial charge in [0.15, 0.2) is 5.82 Å². The van der Waals surface area contributed by atoms with Gasteiger partial charge in [0, 0.05) is 24.2 Å². The highest BCUT2D eigenvalue weighted by molar-refractivity contribution is 5.92. The Kier molecular flexibility index (Phi) is 5.81. The Morgan fingerprint density at radius 1 is 1.12 bits per heavy atom. The number of alkyl halides is 3. The molecule has 32 heavy (non-hydrogen) atoms. The van der Waals surface area contributed by atoms with Gasteiger partial charge < -0.3 is 20.7 Å². The van der Waals surface area contributed by atoms with Crippen LogP contribution in [0.25, 0.3) is 10.9 Å². The normalized spacial score (nSPS) is 15.8. The minimum atomic E-state index is -4.48. The van der Waals surface area contributed by atoms with Gasteiger partial charge in [-0.2, -0.15) is 18.3 Å². The molecule has 3 aromatic rings. The summed E-state index contributed by atoms with van der Waals surface area (Å²) in [5.41, 5.74) is 7.98. The van der Waals surface area contributed by atoms with E-state index in [1.807, 2.05) is 13.0 Å². The van der Waals surface area contributed by atoms with Crippen LogP contribution < -0.4 is 16.0 Å². The Morgan fingerprint density at radius 3 is 2.53 bits per heavy atom. The number of ether oxygens (including phenoxy) is 1. The summed E-state index contributed by atoms with van der Waals surface area (Å²) in [4.78, 5) is 6.76. The smallest absolute Gasteiger partial charge is 0.399 e. The summed E-state index contributed by atoms with van der Waals surface area (Å²) in [6.07, 6.45) is -2.69. The molecule has 3 heterocycles. The first-order valence-electron chi connectivity index (χ1n) is 10.3. The zero-order chi connectivity index (χ0) is 23.0. The van der Waals surface area contributed by atoms with Crippen molar-refractivity contribution in [1.29, 1.82) is 0 Å². The van der Waals surface area contributed by atoms with E-state index in [-0.39, 0.29) is 11.3 Å². The van der Waals surface area contributed by atoms with Crippen molar-refractivity contribution in [2.45, 2.75) is 33.0 Å². The second kappa shape index (κ2) is 8.42. The third-order valence-corrected chi connectivity index (χ3v) is 5.74. The van der Waals surface area contributed by atoms with Gasteiger partial charge >= 0.3 is 6.18 Å². The zero-order valence-electron chi connectivity index (χ0n) is 18.1. The quantitative estimate of drug-likeness (QED) is 0.579. The first-order chi connectivity index (χ1) is 15.1. The van der Waals surface area contributed by atoms with E-state index in [2.05, 4.69) is 25.4 Å². The van der Waals surface area contributed by atoms with Crippen LogP contribution >= 0.6 is 0 Å². The van der Waals surface area contributed by atoms with E-state index in [9.17, 15) is 13.2 Å². The molecule has 10 heteroatoms. The molecule has 0 saturated carbocycles. The van der Waals surface area contributed by atoms with Gasteiger partial charge in [-0.15, -0.1) is 5.10 Å². The summed E-state index contributed by atoms with van der Waals surface area (Å²) in [7, 11) is 0. The molecule has 0 amide bonds. The van der Waals surface area contributed by atoms with Gasteiger partial charge in [-0.05, 0) is 50.1 Å². The lowest BCUT2D eigenvalue weighted by atomic mass is 9.96. The summed E-state index contributed by atoms with van der Waals surface area (Å²) >= 11 is 0. The maximum Gasteiger partial charge on any atom is 0.416 e. The Balaban J connectivity index is 1.73. The maximum atomic E-state index is 13.5. The SMILES string of the molecule is Cc1c([C@@H](C)Nc2nnc(C)c3ncc(N4CCOCC4)cc23)cc(N)cc1C(F)(F)F. The molecule has 3 N–H and O–H groups in total. The van der Waals surface area contributed by atoms with Gasteiger partial charge in [0.2, 0.25) is 0 Å². The van der Waals surface area contributed by atoms with Gasteiger partial charge in [0.1, 0.15) is 0 Å². The van der Waals surface area contributed by atoms with Gasteiger partial charge in [0.05, 0.1) is 47.9 Å². The third kappa shape index (κ3) is 4.27. The highest BCUT2D eigenvalue weighted by atomic mass is 19.4. The number of pyridine rings is 1. The Bertz CT molecular complexity index is 1140. The average Bonchev–Trinajstić information content (AvgIpc) is 2.76. The number of aryl methyl sites for hydroxylation is 1. The lowest BCUT2D eigenvalue weighted by molar-refractivity contribution is -0.138. The zero-order valence-corrected chi connectivity index (χ0v) is 18.1. The maximum absolute atomic E-state index is 13.5. The highest BCUT2D eigenvalue weighted by Crippen LogP contribution is 2.37. The van der Waals surface area contributed by atoms with Crippen molar-refractivity contribution < 1.29 is 17.9 Å². The standard InChI is InChI=1S/C22H25F3N6O/c1-12-17(8-15(26)9-19(12)22(23,24)25)13(2)28-21-18-10-16(31-4-6-32-7-5-31)11-27-20(18)14(3)29-30-21/h8-11,13H,4-7,26H2,1-3H3,(H,28,30)/t13-/m1/s1. The van der Waals surface area contributed by atoms with Crippen LogP contribution in [0.15, 0.2) is 24.4 Å². The van der Waals surface area contributed by atoms with Crippen LogP contribution in [-0.4, -0.2) is 41.5 Å². The number of rotatable bonds is 4. The number of hydrogen-bond acceptors (Lipinski definition) is 7. The number of halogens is 3. The van der Waals surface area contributed by atoms with Gasteiger partial charge in [0.25, 0.3) is 0 Å². The number of anilines is 3. The van der Waals surface area contributed by atoms with Crippen LogP contribution in [0.5, 0.6) is 0 Å². The molecule has 4 rings (SSSR count). The van der Waals surface area contributed by atoms with Gasteiger partial charge in [-0.3, -0.25) is 4.98 Å². The molecule has 1 atom stereocenters. The van der Waals surface area contributed by atoms with Gasteiger partial charge in [-0.25, -0.2) is 0 Å². The fourth-order valence-corrected chi connectivity index (χ4v) is 4.04. The van der Waals surface area contributed by atoms with E-state index < -0.39 is 17.8 Å². The van der Waals surface area contributed by atoms with Crippen LogP contribution in [0.4, 0.5) is 30.4 Å². The number of fused-ring (bicyclic) bond motifs is 1. The molecule has 7 nitrogen and oxygen atoms in total. The molecule has 1 aliphatic heterocycles. The lowest BCUT2D eigenvalue weighted by Crippen LogP contribution is -2.36. The van der Waals surface area contributed by atoms with Crippen molar-refractivity contribution in [3.8, 4) is 0 Å². The van der Waals surface area contributed by atoms with Gasteiger partial charge in [-0.1, -0.05) is 0 Å². The number of hydrogen-bond donors (Lipinski definition) is 2. The second-order valence-electron chi connectivity index (χ2n) is 7.97. The number of nitrogens with zero attached hydrogens (tertiary/aromatic N) is 4. The minimum absolute atomic E-state index is 0.0580. The number of nitrogens with two attached hydrogens (primary N) is 1. The molecule has 0 aliphatic carbocycles. The van der Waals surface area contributed by atoms with E-state index in [0.717, 1.165) is 30.2 Å². The van der Waals surface area contributed by atoms with Crippen molar-refractivity contribution in [3.63, 3.8) is 0 Å². The molecule has 2 aromatic heterocycles. The van der Waals surface area contributed by atoms with E-state index in [1.165, 1.54) is 6.92 Å². The second-order valence-corrected chi connectivity index (χ2v) is 7.97. The van der Waals surface area contributed by atoms with E-state index in [0.29, 0.717) is 35.8 Å². The van der Waals surface area contributed by atoms with Crippen molar-refractivity contribution in [2.24, 2.45) is 0 Å². The number of aromatic nitrogens is 3. The topological polar surface area (TPSA) is 89.2 Å². The molecule has 1 aliphatic rings. The molecule has 0 bridgehead atoms. The minimum Gasteiger partial charge on any atom is -0.399 e. The predicted octanol–water partition coefficient (Wildman–Crippen LogP) is 4.25. The first-order valence-corrected chi connectivity index (χ1v) is 10.3. The third-order valence-electron chi connectivity index (χ3n) is 5.74. The molecule has 1 aromatic carbocycles. The Morgan fingerprint density at radius 2 is 1.84 bits per heavy atom. The fraction of sp³-hybridized carbons (Fsp3) is 0.409. The summed E-state index contributed by atoms with van der Waals surface area (Å²) in [6.45, 7) is 7.84. The van der Waals surface area contributed by atoms with Crippen molar-refractivity contribution in [2.75, 3.05) is 42.3 Å². The average molecular weight is 446 g/mol. The van der Waals surface area contributed by atoms with Crippen LogP contribution in [0.3, 0.4) is 0 Å². The predicted molar refractivity (Wildman–Crippen MR) is 118 cm³/mol. The first kappa shape index (κ1) is 22.1. The molecular formula is C22H25F3N6O. The lowest BCUT2D eigenvalue weighted by Gasteiger charge is -2.29. The summed E-state index contributed by atoms with van der Waals surface area (Å²) in [5, 5.41) is 12.4. The monoisotopic (exact) mass is 446 g/mol. The highest BCUT2D eigenvalue weighted by Gasteiger charge is 2.34. The van der Waals surface area contributed by atoms with Crippen LogP contribution in [0.1, 0.15) is 35.3 Å². The van der Waals surface area contributed by atoms with E-state index >= 15 is 0 Å². The van der Waals surface area contributed by atoms with Crippen molar-refractivity contribution in [3.05, 3.63) is 46.8 Å². The number of nitrogens with one attached hydrogen (secondary N) is 1. The number of morpholine rings is 1. The van der Waals surface area contributed by atoms with E-state index in [4.69, 9.17) is 10.5 Å².